The van der Waals surface area contributed by atoms with E-state index in [4.69, 9.17) is 0 Å². The van der Waals surface area contributed by atoms with E-state index in [1.54, 1.807) is 0 Å². The number of fused-ring (bicyclic) bond motifs is 7. The van der Waals surface area contributed by atoms with Gasteiger partial charge < -0.3 is 5.21 Å². The van der Waals surface area contributed by atoms with E-state index in [-0.39, 0.29) is 38.9 Å². The molecule has 4 saturated carbocycles. The Bertz CT molecular complexity index is 982. The number of hydrogen-bond donors (Lipinski definition) is 3. The van der Waals surface area contributed by atoms with Crippen LogP contribution in [0, 0.1) is 50.2 Å². The minimum Gasteiger partial charge on any atom is -0.411 e. The second kappa shape index (κ2) is 7.58. The lowest BCUT2D eigenvalue weighted by molar-refractivity contribution is -0.174. The number of carbonyl (C=O) groups excluding carboxylic acids is 1. The van der Waals surface area contributed by atoms with Crippen molar-refractivity contribution in [2.75, 3.05) is 0 Å². The number of hydroxylamine groups is 1. The first-order valence-corrected chi connectivity index (χ1v) is 14.1. The Morgan fingerprint density at radius 1 is 0.971 bits per heavy atom. The van der Waals surface area contributed by atoms with Crippen molar-refractivity contribution in [1.82, 2.24) is 5.48 Å². The van der Waals surface area contributed by atoms with Crippen molar-refractivity contribution in [1.29, 1.82) is 0 Å². The van der Waals surface area contributed by atoms with Crippen molar-refractivity contribution in [2.24, 2.45) is 55.4 Å². The van der Waals surface area contributed by atoms with Crippen molar-refractivity contribution in [3.8, 4) is 0 Å². The molecule has 0 aromatic heterocycles. The summed E-state index contributed by atoms with van der Waals surface area (Å²) in [5.41, 5.74) is 4.69. The molecule has 5 heteroatoms. The monoisotopic (exact) mass is 484 g/mol. The van der Waals surface area contributed by atoms with E-state index in [0.29, 0.717) is 11.8 Å². The van der Waals surface area contributed by atoms with E-state index in [1.807, 2.05) is 0 Å². The third-order valence-corrected chi connectivity index (χ3v) is 13.1. The minimum atomic E-state index is -0.473. The smallest absolute Gasteiger partial charge is 0.250 e. The normalized spacial score (nSPS) is 49.1. The molecule has 0 saturated heterocycles. The lowest BCUT2D eigenvalue weighted by Crippen LogP contribution is -2.65. The predicted molar refractivity (Wildman–Crippen MR) is 138 cm³/mol. The third kappa shape index (κ3) is 3.09. The number of nitrogens with one attached hydrogen (secondary N) is 1. The molecule has 0 bridgehead atoms. The molecular weight excluding hydrogens is 436 g/mol. The zero-order valence-electron chi connectivity index (χ0n) is 23.1. The van der Waals surface area contributed by atoms with Crippen LogP contribution in [0.15, 0.2) is 16.8 Å². The van der Waals surface area contributed by atoms with Gasteiger partial charge in [-0.25, -0.2) is 5.48 Å². The van der Waals surface area contributed by atoms with Gasteiger partial charge in [0, 0.05) is 5.41 Å². The van der Waals surface area contributed by atoms with Gasteiger partial charge in [-0.15, -0.1) is 0 Å². The summed E-state index contributed by atoms with van der Waals surface area (Å²) in [7, 11) is 0. The average Bonchev–Trinajstić information content (AvgIpc) is 2.78. The van der Waals surface area contributed by atoms with Gasteiger partial charge in [0.15, 0.2) is 0 Å². The summed E-state index contributed by atoms with van der Waals surface area (Å²) in [6.45, 7) is 16.9. The van der Waals surface area contributed by atoms with Gasteiger partial charge in [0.2, 0.25) is 5.91 Å². The second-order valence-corrected chi connectivity index (χ2v) is 15.1. The number of rotatable bonds is 1. The largest absolute Gasteiger partial charge is 0.411 e. The van der Waals surface area contributed by atoms with Crippen LogP contribution >= 0.6 is 0 Å². The minimum absolute atomic E-state index is 0.0662. The fraction of sp³-hybridized carbons (Fsp3) is 0.867. The maximum absolute atomic E-state index is 13.2. The number of hydrogen-bond acceptors (Lipinski definition) is 4. The molecule has 0 heterocycles. The fourth-order valence-electron chi connectivity index (χ4n) is 10.8. The van der Waals surface area contributed by atoms with Crippen LogP contribution in [0.5, 0.6) is 0 Å². The lowest BCUT2D eigenvalue weighted by Gasteiger charge is -2.70. The average molecular weight is 485 g/mol. The highest BCUT2D eigenvalue weighted by atomic mass is 16.5. The molecule has 1 amide bonds. The van der Waals surface area contributed by atoms with Crippen molar-refractivity contribution >= 4 is 11.6 Å². The topological polar surface area (TPSA) is 81.9 Å². The maximum Gasteiger partial charge on any atom is 0.250 e. The molecule has 0 aromatic rings. The van der Waals surface area contributed by atoms with Crippen LogP contribution in [0.1, 0.15) is 113 Å². The standard InChI is InChI=1S/C30H48N2O3/c1-25(2)14-16-30(24(33)32-35)17-15-28(6)19(20(30)18-25)8-9-22-27(5)12-11-23(31-34)26(3,4)21(27)10-13-29(22,28)7/h8,20-22,34-35H,9-18H2,1-7H3,(H,32,33)/b31-23+/t20?,21-,22+,27-,28+,29+,30-/m0/s1. The molecule has 0 aliphatic heterocycles. The zero-order valence-corrected chi connectivity index (χ0v) is 23.1. The van der Waals surface area contributed by atoms with Gasteiger partial charge >= 0.3 is 0 Å². The van der Waals surface area contributed by atoms with Crippen LogP contribution in [0.3, 0.4) is 0 Å². The van der Waals surface area contributed by atoms with E-state index in [9.17, 15) is 15.2 Å². The molecule has 35 heavy (non-hydrogen) atoms. The fourth-order valence-corrected chi connectivity index (χ4v) is 10.8. The highest BCUT2D eigenvalue weighted by Crippen LogP contribution is 2.75. The van der Waals surface area contributed by atoms with Crippen molar-refractivity contribution in [3.63, 3.8) is 0 Å². The Labute approximate surface area is 212 Å². The molecule has 1 unspecified atom stereocenters. The molecule has 7 atom stereocenters. The summed E-state index contributed by atoms with van der Waals surface area (Å²) < 4.78 is 0. The van der Waals surface area contributed by atoms with Crippen molar-refractivity contribution in [2.45, 2.75) is 113 Å². The Morgan fingerprint density at radius 2 is 1.66 bits per heavy atom. The number of carbonyl (C=O) groups is 1. The van der Waals surface area contributed by atoms with E-state index in [1.165, 1.54) is 12.0 Å². The molecule has 5 aliphatic rings. The summed E-state index contributed by atoms with van der Waals surface area (Å²) >= 11 is 0. The SMILES string of the molecule is CC1(C)CC[C@]2(C(=O)NO)CC[C@]3(C)C(=CC[C@@H]4[C@@]5(C)CC/C(=N\O)C(C)(C)[C@@H]5CC[C@]43C)C2C1. The van der Waals surface area contributed by atoms with Crippen LogP contribution in [0.2, 0.25) is 0 Å². The Kier molecular flexibility index (Phi) is 5.48. The van der Waals surface area contributed by atoms with Gasteiger partial charge in [0.25, 0.3) is 0 Å². The first kappa shape index (κ1) is 25.3. The Hall–Kier alpha value is -1.36. The lowest BCUT2D eigenvalue weighted by atomic mass is 9.33. The zero-order chi connectivity index (χ0) is 25.7. The van der Waals surface area contributed by atoms with Gasteiger partial charge in [-0.05, 0) is 104 Å². The molecule has 196 valence electrons. The molecular formula is C30H48N2O3. The highest BCUT2D eigenvalue weighted by Gasteiger charge is 2.69. The predicted octanol–water partition coefficient (Wildman–Crippen LogP) is 7.12. The molecule has 5 rings (SSSR count). The summed E-state index contributed by atoms with van der Waals surface area (Å²) in [6, 6.07) is 0. The first-order valence-electron chi connectivity index (χ1n) is 14.1. The van der Waals surface area contributed by atoms with Crippen molar-refractivity contribution in [3.05, 3.63) is 11.6 Å². The molecule has 4 fully saturated rings. The van der Waals surface area contributed by atoms with Crippen LogP contribution in [0.25, 0.3) is 0 Å². The van der Waals surface area contributed by atoms with E-state index in [2.05, 4.69) is 65.2 Å². The Balaban J connectivity index is 1.60. The molecule has 3 N–H and O–H groups in total. The number of allylic oxidation sites excluding steroid dienone is 2. The van der Waals surface area contributed by atoms with Crippen LogP contribution in [-0.4, -0.2) is 22.0 Å². The van der Waals surface area contributed by atoms with Gasteiger partial charge in [-0.1, -0.05) is 65.3 Å². The van der Waals surface area contributed by atoms with E-state index < -0.39 is 5.41 Å². The molecule has 5 aliphatic carbocycles. The van der Waals surface area contributed by atoms with Gasteiger partial charge in [-0.2, -0.15) is 0 Å². The number of oxime groups is 1. The number of amides is 1. The third-order valence-electron chi connectivity index (χ3n) is 13.1. The molecule has 0 aromatic carbocycles. The quantitative estimate of drug-likeness (QED) is 0.160. The summed E-state index contributed by atoms with van der Waals surface area (Å²) in [5.74, 6) is 1.14. The molecule has 0 radical (unpaired) electrons. The van der Waals surface area contributed by atoms with E-state index in [0.717, 1.165) is 63.5 Å². The van der Waals surface area contributed by atoms with Crippen molar-refractivity contribution < 1.29 is 15.2 Å². The van der Waals surface area contributed by atoms with Gasteiger partial charge in [0.1, 0.15) is 0 Å². The first-order chi connectivity index (χ1) is 16.2. The highest BCUT2D eigenvalue weighted by molar-refractivity contribution is 5.90. The van der Waals surface area contributed by atoms with Crippen LogP contribution in [-0.2, 0) is 4.79 Å². The van der Waals surface area contributed by atoms with Gasteiger partial charge in [0.05, 0.1) is 11.1 Å². The molecule has 5 nitrogen and oxygen atoms in total. The summed E-state index contributed by atoms with van der Waals surface area (Å²) in [6.07, 6.45) is 12.8. The number of nitrogens with zero attached hydrogens (tertiary/aromatic N) is 1. The summed E-state index contributed by atoms with van der Waals surface area (Å²) in [5, 5.41) is 23.3. The Morgan fingerprint density at radius 3 is 2.31 bits per heavy atom. The van der Waals surface area contributed by atoms with Crippen LogP contribution in [0.4, 0.5) is 0 Å². The second-order valence-electron chi connectivity index (χ2n) is 15.1. The van der Waals surface area contributed by atoms with E-state index >= 15 is 0 Å². The maximum atomic E-state index is 13.2. The molecule has 0 spiro atoms. The summed E-state index contributed by atoms with van der Waals surface area (Å²) in [4.78, 5) is 13.2. The van der Waals surface area contributed by atoms with Gasteiger partial charge in [-0.3, -0.25) is 10.0 Å². The van der Waals surface area contributed by atoms with Crippen LogP contribution < -0.4 is 5.48 Å².